The standard InChI is InChI=1S/C28H25N3O6S/c1-15-22-25(38-24(15)28(35)36-13-18-8-6-5-7-9-18)29-14-31(27(22)34)16(2)23(32)19-10-11-21-20(12-19)30(4)26(33)17(3)37-21/h5-12,14,16-17H,13H2,1-4H3. The molecule has 0 saturated carbocycles. The molecule has 1 aliphatic heterocycles. The minimum Gasteiger partial charge on any atom is -0.479 e. The second kappa shape index (κ2) is 9.86. The van der Waals surface area contributed by atoms with Crippen LogP contribution in [0.2, 0.25) is 0 Å². The maximum absolute atomic E-state index is 13.5. The molecule has 0 bridgehead atoms. The molecule has 2 aromatic carbocycles. The predicted molar refractivity (Wildman–Crippen MR) is 143 cm³/mol. The van der Waals surface area contributed by atoms with E-state index < -0.39 is 23.7 Å². The van der Waals surface area contributed by atoms with E-state index in [4.69, 9.17) is 9.47 Å². The van der Waals surface area contributed by atoms with Crippen LogP contribution < -0.4 is 15.2 Å². The van der Waals surface area contributed by atoms with Crippen LogP contribution in [0.15, 0.2) is 59.7 Å². The highest BCUT2D eigenvalue weighted by atomic mass is 32.1. The molecule has 10 heteroatoms. The molecule has 2 unspecified atom stereocenters. The maximum Gasteiger partial charge on any atom is 0.349 e. The van der Waals surface area contributed by atoms with E-state index in [9.17, 15) is 19.2 Å². The largest absolute Gasteiger partial charge is 0.479 e. The van der Waals surface area contributed by atoms with Crippen molar-refractivity contribution in [2.75, 3.05) is 11.9 Å². The number of aromatic nitrogens is 2. The van der Waals surface area contributed by atoms with Crippen molar-refractivity contribution >= 4 is 44.9 Å². The number of hydrogen-bond donors (Lipinski definition) is 0. The third-order valence-electron chi connectivity index (χ3n) is 6.66. The first kappa shape index (κ1) is 25.3. The van der Waals surface area contributed by atoms with E-state index in [2.05, 4.69) is 4.98 Å². The Morgan fingerprint density at radius 1 is 1.16 bits per heavy atom. The lowest BCUT2D eigenvalue weighted by molar-refractivity contribution is -0.125. The monoisotopic (exact) mass is 531 g/mol. The normalized spacial score (nSPS) is 15.6. The molecule has 0 radical (unpaired) electrons. The number of likely N-dealkylation sites (N-methyl/N-ethyl adjacent to an activating group) is 1. The molecule has 3 heterocycles. The molecule has 0 aliphatic carbocycles. The van der Waals surface area contributed by atoms with Gasteiger partial charge in [0, 0.05) is 12.6 Å². The number of ketones is 1. The Morgan fingerprint density at radius 2 is 1.89 bits per heavy atom. The van der Waals surface area contributed by atoms with Crippen LogP contribution in [-0.2, 0) is 16.1 Å². The summed E-state index contributed by atoms with van der Waals surface area (Å²) in [5.74, 6) is -0.573. The number of fused-ring (bicyclic) bond motifs is 2. The van der Waals surface area contributed by atoms with Gasteiger partial charge >= 0.3 is 5.97 Å². The van der Waals surface area contributed by atoms with Crippen LogP contribution in [0.4, 0.5) is 5.69 Å². The molecule has 2 aromatic heterocycles. The van der Waals surface area contributed by atoms with Gasteiger partial charge in [0.15, 0.2) is 11.9 Å². The van der Waals surface area contributed by atoms with Gasteiger partial charge in [-0.15, -0.1) is 11.3 Å². The molecular formula is C28H25N3O6S. The highest BCUT2D eigenvalue weighted by Crippen LogP contribution is 2.35. The molecule has 194 valence electrons. The van der Waals surface area contributed by atoms with Crippen LogP contribution in [0.3, 0.4) is 0 Å². The average Bonchev–Trinajstić information content (AvgIpc) is 3.27. The molecule has 0 N–H and O–H groups in total. The Labute approximate surface area is 222 Å². The summed E-state index contributed by atoms with van der Waals surface area (Å²) in [6.07, 6.45) is 0.708. The van der Waals surface area contributed by atoms with Crippen LogP contribution in [0.1, 0.15) is 51.0 Å². The topological polar surface area (TPSA) is 108 Å². The van der Waals surface area contributed by atoms with E-state index in [-0.39, 0.29) is 23.7 Å². The number of nitrogens with zero attached hydrogens (tertiary/aromatic N) is 3. The zero-order valence-corrected chi connectivity index (χ0v) is 22.1. The lowest BCUT2D eigenvalue weighted by Gasteiger charge is -2.30. The summed E-state index contributed by atoms with van der Waals surface area (Å²) in [4.78, 5) is 58.5. The fourth-order valence-electron chi connectivity index (χ4n) is 4.43. The number of esters is 1. The van der Waals surface area contributed by atoms with Crippen LogP contribution >= 0.6 is 11.3 Å². The molecule has 0 saturated heterocycles. The quantitative estimate of drug-likeness (QED) is 0.269. The summed E-state index contributed by atoms with van der Waals surface area (Å²) in [5.41, 5.74) is 1.71. The molecule has 38 heavy (non-hydrogen) atoms. The van der Waals surface area contributed by atoms with Gasteiger partial charge in [0.2, 0.25) is 0 Å². The fraction of sp³-hybridized carbons (Fsp3) is 0.250. The molecule has 1 aliphatic rings. The first-order valence-electron chi connectivity index (χ1n) is 12.0. The number of aryl methyl sites for hydroxylation is 1. The van der Waals surface area contributed by atoms with Crippen molar-refractivity contribution in [1.29, 1.82) is 0 Å². The number of ether oxygens (including phenoxy) is 2. The van der Waals surface area contributed by atoms with Crippen molar-refractivity contribution in [2.24, 2.45) is 0 Å². The van der Waals surface area contributed by atoms with Gasteiger partial charge < -0.3 is 14.4 Å². The number of carbonyl (C=O) groups excluding carboxylic acids is 3. The SMILES string of the molecule is Cc1c(C(=O)OCc2ccccc2)sc2ncn(C(C)C(=O)c3ccc4c(c3)N(C)C(=O)C(C)O4)c(=O)c12. The Bertz CT molecular complexity index is 1640. The number of hydrogen-bond acceptors (Lipinski definition) is 8. The second-order valence-corrected chi connectivity index (χ2v) is 10.1. The molecular weight excluding hydrogens is 506 g/mol. The minimum absolute atomic E-state index is 0.113. The Hall–Kier alpha value is -4.31. The first-order valence-corrected chi connectivity index (χ1v) is 12.8. The van der Waals surface area contributed by atoms with Gasteiger partial charge in [0.25, 0.3) is 11.5 Å². The Morgan fingerprint density at radius 3 is 2.63 bits per heavy atom. The van der Waals surface area contributed by atoms with E-state index in [1.54, 1.807) is 46.0 Å². The van der Waals surface area contributed by atoms with Gasteiger partial charge in [-0.2, -0.15) is 0 Å². The number of amides is 1. The summed E-state index contributed by atoms with van der Waals surface area (Å²) in [6, 6.07) is 13.3. The second-order valence-electron chi connectivity index (χ2n) is 9.14. The number of Topliss-reactive ketones (excluding diaryl/α,β-unsaturated/α-hetero) is 1. The molecule has 0 fully saturated rings. The number of rotatable bonds is 6. The molecule has 5 rings (SSSR count). The minimum atomic E-state index is -0.880. The van der Waals surface area contributed by atoms with Crippen LogP contribution in [0.5, 0.6) is 5.75 Å². The Balaban J connectivity index is 1.42. The lowest BCUT2D eigenvalue weighted by atomic mass is 10.0. The van der Waals surface area contributed by atoms with Crippen molar-refractivity contribution in [1.82, 2.24) is 9.55 Å². The van der Waals surface area contributed by atoms with Crippen molar-refractivity contribution in [3.8, 4) is 5.75 Å². The number of anilines is 1. The Kier molecular flexibility index (Phi) is 6.58. The van der Waals surface area contributed by atoms with Crippen molar-refractivity contribution in [3.05, 3.63) is 86.8 Å². The van der Waals surface area contributed by atoms with Gasteiger partial charge in [-0.25, -0.2) is 9.78 Å². The number of benzene rings is 2. The third-order valence-corrected chi connectivity index (χ3v) is 7.84. The molecule has 4 aromatic rings. The summed E-state index contributed by atoms with van der Waals surface area (Å²) < 4.78 is 12.3. The smallest absolute Gasteiger partial charge is 0.349 e. The highest BCUT2D eigenvalue weighted by Gasteiger charge is 2.30. The predicted octanol–water partition coefficient (Wildman–Crippen LogP) is 4.31. The number of carbonyl (C=O) groups is 3. The van der Waals surface area contributed by atoms with Gasteiger partial charge in [0.05, 0.1) is 23.4 Å². The van der Waals surface area contributed by atoms with Gasteiger partial charge in [0.1, 0.15) is 22.1 Å². The van der Waals surface area contributed by atoms with Gasteiger partial charge in [-0.05, 0) is 50.1 Å². The zero-order valence-electron chi connectivity index (χ0n) is 21.3. The van der Waals surface area contributed by atoms with E-state index in [1.165, 1.54) is 15.8 Å². The zero-order chi connectivity index (χ0) is 27.1. The van der Waals surface area contributed by atoms with Crippen LogP contribution in [-0.4, -0.2) is 40.4 Å². The summed E-state index contributed by atoms with van der Waals surface area (Å²) in [7, 11) is 1.63. The fourth-order valence-corrected chi connectivity index (χ4v) is 5.46. The van der Waals surface area contributed by atoms with Crippen LogP contribution in [0, 0.1) is 6.92 Å². The average molecular weight is 532 g/mol. The highest BCUT2D eigenvalue weighted by molar-refractivity contribution is 7.20. The molecule has 2 atom stereocenters. The van der Waals surface area contributed by atoms with E-state index >= 15 is 0 Å². The number of thiophene rings is 1. The summed E-state index contributed by atoms with van der Waals surface area (Å²) >= 11 is 1.09. The van der Waals surface area contributed by atoms with E-state index in [1.807, 2.05) is 30.3 Å². The van der Waals surface area contributed by atoms with Crippen LogP contribution in [0.25, 0.3) is 10.2 Å². The molecule has 0 spiro atoms. The third kappa shape index (κ3) is 4.37. The molecule has 9 nitrogen and oxygen atoms in total. The lowest BCUT2D eigenvalue weighted by Crippen LogP contribution is -2.42. The van der Waals surface area contributed by atoms with E-state index in [0.29, 0.717) is 32.3 Å². The van der Waals surface area contributed by atoms with Crippen molar-refractivity contribution in [3.63, 3.8) is 0 Å². The molecule has 1 amide bonds. The maximum atomic E-state index is 13.5. The first-order chi connectivity index (χ1) is 18.2. The van der Waals surface area contributed by atoms with Crippen molar-refractivity contribution < 1.29 is 23.9 Å². The van der Waals surface area contributed by atoms with Crippen molar-refractivity contribution in [2.45, 2.75) is 39.5 Å². The summed E-state index contributed by atoms with van der Waals surface area (Å²) in [5, 5.41) is 0.280. The van der Waals surface area contributed by atoms with E-state index in [0.717, 1.165) is 16.9 Å². The summed E-state index contributed by atoms with van der Waals surface area (Å²) in [6.45, 7) is 5.07. The van der Waals surface area contributed by atoms with Gasteiger partial charge in [-0.3, -0.25) is 19.0 Å². The van der Waals surface area contributed by atoms with Gasteiger partial charge in [-0.1, -0.05) is 30.3 Å².